The van der Waals surface area contributed by atoms with Gasteiger partial charge in [-0.05, 0) is 18.3 Å². The van der Waals surface area contributed by atoms with Crippen LogP contribution in [0.15, 0.2) is 24.3 Å². The van der Waals surface area contributed by atoms with Crippen molar-refractivity contribution in [3.63, 3.8) is 0 Å². The summed E-state index contributed by atoms with van der Waals surface area (Å²) in [5, 5.41) is 0. The summed E-state index contributed by atoms with van der Waals surface area (Å²) in [5.41, 5.74) is 0.0920. The van der Waals surface area contributed by atoms with Gasteiger partial charge in [0.1, 0.15) is 0 Å². The molecular formula is C10H11BF3K. The van der Waals surface area contributed by atoms with Crippen LogP contribution in [-0.4, -0.2) is 6.98 Å². The number of hydrogen-bond donors (Lipinski definition) is 0. The minimum absolute atomic E-state index is 0. The van der Waals surface area contributed by atoms with Crippen molar-refractivity contribution in [2.45, 2.75) is 19.3 Å². The Morgan fingerprint density at radius 1 is 1.20 bits per heavy atom. The molecule has 0 aliphatic heterocycles. The van der Waals surface area contributed by atoms with Crippen molar-refractivity contribution in [1.29, 1.82) is 0 Å². The predicted octanol–water partition coefficient (Wildman–Crippen LogP) is -0.132. The van der Waals surface area contributed by atoms with Crippen LogP contribution in [0.1, 0.15) is 24.8 Å². The summed E-state index contributed by atoms with van der Waals surface area (Å²) in [5.74, 6) is 0.545. The van der Waals surface area contributed by atoms with Crippen LogP contribution in [0.5, 0.6) is 0 Å². The van der Waals surface area contributed by atoms with E-state index in [2.05, 4.69) is 0 Å². The molecule has 0 aromatic heterocycles. The molecule has 2 atom stereocenters. The standard InChI is InChI=1S/C10H11BF3.K/c1-7-6-9(7)8-4-2-3-5-10(8)11(12,13)14;/h2-5,7,9H,6H2,1H3;/q-1;+1. The first-order chi connectivity index (χ1) is 6.50. The van der Waals surface area contributed by atoms with E-state index >= 15 is 0 Å². The maximum atomic E-state index is 12.6. The molecule has 2 rings (SSSR count). The van der Waals surface area contributed by atoms with Gasteiger partial charge >= 0.3 is 58.4 Å². The smallest absolute Gasteiger partial charge is 0.445 e. The third-order valence-electron chi connectivity index (χ3n) is 2.86. The van der Waals surface area contributed by atoms with Crippen LogP contribution >= 0.6 is 0 Å². The van der Waals surface area contributed by atoms with E-state index in [9.17, 15) is 12.9 Å². The Labute approximate surface area is 130 Å². The van der Waals surface area contributed by atoms with Crippen LogP contribution in [0, 0.1) is 5.92 Å². The Bertz CT molecular complexity index is 351. The molecule has 0 heterocycles. The van der Waals surface area contributed by atoms with Gasteiger partial charge in [0, 0.05) is 0 Å². The third kappa shape index (κ3) is 3.10. The summed E-state index contributed by atoms with van der Waals surface area (Å²) in [7, 11) is 0. The second-order valence-corrected chi connectivity index (χ2v) is 4.02. The maximum absolute atomic E-state index is 12.6. The van der Waals surface area contributed by atoms with Crippen LogP contribution in [0.25, 0.3) is 0 Å². The van der Waals surface area contributed by atoms with E-state index in [0.29, 0.717) is 11.5 Å². The first-order valence-corrected chi connectivity index (χ1v) is 4.79. The maximum Gasteiger partial charge on any atom is 1.00 e. The number of hydrogen-bond acceptors (Lipinski definition) is 0. The Morgan fingerprint density at radius 3 is 2.20 bits per heavy atom. The molecule has 1 aliphatic rings. The molecule has 0 saturated heterocycles. The van der Waals surface area contributed by atoms with E-state index < -0.39 is 12.4 Å². The molecule has 0 spiro atoms. The van der Waals surface area contributed by atoms with Crippen LogP contribution < -0.4 is 56.8 Å². The van der Waals surface area contributed by atoms with Crippen molar-refractivity contribution in [2.24, 2.45) is 5.92 Å². The van der Waals surface area contributed by atoms with Gasteiger partial charge in [-0.25, -0.2) is 0 Å². The molecule has 0 radical (unpaired) electrons. The van der Waals surface area contributed by atoms with Gasteiger partial charge in [-0.1, -0.05) is 36.8 Å². The van der Waals surface area contributed by atoms with Crippen LogP contribution in [0.2, 0.25) is 0 Å². The largest absolute Gasteiger partial charge is 1.00 e. The van der Waals surface area contributed by atoms with E-state index in [1.165, 1.54) is 12.1 Å². The number of benzene rings is 1. The summed E-state index contributed by atoms with van der Waals surface area (Å²) < 4.78 is 37.9. The van der Waals surface area contributed by atoms with Gasteiger partial charge in [-0.3, -0.25) is 0 Å². The van der Waals surface area contributed by atoms with Gasteiger partial charge in [0.15, 0.2) is 0 Å². The first-order valence-electron chi connectivity index (χ1n) is 4.79. The van der Waals surface area contributed by atoms with Gasteiger partial charge in [-0.15, -0.1) is 5.46 Å². The number of rotatable bonds is 2. The fraction of sp³-hybridized carbons (Fsp3) is 0.400. The quantitative estimate of drug-likeness (QED) is 0.629. The van der Waals surface area contributed by atoms with Gasteiger partial charge in [0.25, 0.3) is 0 Å². The average Bonchev–Trinajstić information content (AvgIpc) is 2.81. The molecule has 1 aliphatic carbocycles. The molecule has 2 unspecified atom stereocenters. The summed E-state index contributed by atoms with van der Waals surface area (Å²) in [6.45, 7) is -2.86. The van der Waals surface area contributed by atoms with Gasteiger partial charge in [-0.2, -0.15) is 0 Å². The molecule has 15 heavy (non-hydrogen) atoms. The molecule has 0 bridgehead atoms. The van der Waals surface area contributed by atoms with E-state index in [0.717, 1.165) is 6.42 Å². The van der Waals surface area contributed by atoms with Crippen molar-refractivity contribution in [2.75, 3.05) is 0 Å². The molecule has 0 nitrogen and oxygen atoms in total. The van der Waals surface area contributed by atoms with Crippen molar-refractivity contribution < 1.29 is 64.3 Å². The minimum Gasteiger partial charge on any atom is -0.445 e. The van der Waals surface area contributed by atoms with E-state index in [1.54, 1.807) is 12.1 Å². The summed E-state index contributed by atoms with van der Waals surface area (Å²) in [4.78, 5) is 0. The fourth-order valence-electron chi connectivity index (χ4n) is 1.90. The zero-order valence-corrected chi connectivity index (χ0v) is 12.0. The SMILES string of the molecule is CC1CC1c1ccccc1[B-](F)(F)F.[K+]. The zero-order valence-electron chi connectivity index (χ0n) is 8.88. The molecule has 1 aromatic carbocycles. The molecule has 76 valence electrons. The van der Waals surface area contributed by atoms with Crippen molar-refractivity contribution in [1.82, 2.24) is 0 Å². The Hall–Kier alpha value is 0.711. The number of halogens is 3. The third-order valence-corrected chi connectivity index (χ3v) is 2.86. The molecule has 0 N–H and O–H groups in total. The van der Waals surface area contributed by atoms with Gasteiger partial charge < -0.3 is 12.9 Å². The summed E-state index contributed by atoms with van der Waals surface area (Å²) in [6, 6.07) is 5.95. The molecule has 1 aromatic rings. The van der Waals surface area contributed by atoms with E-state index in [4.69, 9.17) is 0 Å². The molecule has 5 heteroatoms. The van der Waals surface area contributed by atoms with Crippen molar-refractivity contribution >= 4 is 12.4 Å². The normalized spacial score (nSPS) is 24.5. The van der Waals surface area contributed by atoms with Crippen molar-refractivity contribution in [3.05, 3.63) is 29.8 Å². The molecular weight excluding hydrogens is 227 g/mol. The molecule has 1 fully saturated rings. The monoisotopic (exact) mass is 238 g/mol. The van der Waals surface area contributed by atoms with Crippen LogP contribution in [-0.2, 0) is 0 Å². The van der Waals surface area contributed by atoms with Gasteiger partial charge in [0.05, 0.1) is 0 Å². The molecule has 1 saturated carbocycles. The first kappa shape index (κ1) is 13.8. The second kappa shape index (κ2) is 4.92. The predicted molar refractivity (Wildman–Crippen MR) is 51.7 cm³/mol. The molecule has 0 amide bonds. The fourth-order valence-corrected chi connectivity index (χ4v) is 1.90. The summed E-state index contributed by atoms with van der Waals surface area (Å²) in [6.07, 6.45) is 0.892. The Kier molecular flexibility index (Phi) is 4.52. The van der Waals surface area contributed by atoms with Gasteiger partial charge in [0.2, 0.25) is 0 Å². The second-order valence-electron chi connectivity index (χ2n) is 4.02. The summed E-state index contributed by atoms with van der Waals surface area (Å²) >= 11 is 0. The van der Waals surface area contributed by atoms with E-state index in [1.807, 2.05) is 6.92 Å². The topological polar surface area (TPSA) is 0 Å². The zero-order chi connectivity index (χ0) is 10.3. The van der Waals surface area contributed by atoms with Crippen LogP contribution in [0.4, 0.5) is 12.9 Å². The van der Waals surface area contributed by atoms with Crippen LogP contribution in [0.3, 0.4) is 0 Å². The van der Waals surface area contributed by atoms with E-state index in [-0.39, 0.29) is 57.3 Å². The Morgan fingerprint density at radius 2 is 1.73 bits per heavy atom. The van der Waals surface area contributed by atoms with Crippen molar-refractivity contribution in [3.8, 4) is 0 Å². The minimum atomic E-state index is -4.85. The Balaban J connectivity index is 0.00000112. The average molecular weight is 238 g/mol.